The summed E-state index contributed by atoms with van der Waals surface area (Å²) in [6, 6.07) is 15.9. The van der Waals surface area contributed by atoms with Gasteiger partial charge in [0.05, 0.1) is 41.1 Å². The van der Waals surface area contributed by atoms with E-state index >= 15 is 0 Å². The number of piperidine rings is 1. The molecule has 14 heteroatoms. The lowest BCUT2D eigenvalue weighted by Gasteiger charge is -2.65. The van der Waals surface area contributed by atoms with E-state index in [0.717, 1.165) is 68.1 Å². The highest BCUT2D eigenvalue weighted by molar-refractivity contribution is 6.23. The zero-order chi connectivity index (χ0) is 44.4. The molecule has 6 aliphatic rings. The standard InChI is InChI=1S/C49H53N7O7/c1-6-62-40-26-34(16-10-30(40)27-50)63-47-48(2,3)46(49(47,4)5)55-28-38-36(43(55)59)17-12-31(51-38)11-7-29-8-13-32(14-9-29)53-21-23-54(24-22-53)33-15-18-35-37(25-33)45(61)56(44(35)60)39-19-20-41(57)52-42(39)58/h10,12,15-18,25-26,29,32,39,46-47H,6,8-9,13-14,19-24,28H2,1-5H3,(H,52,57,58). The number of imide groups is 2. The summed E-state index contributed by atoms with van der Waals surface area (Å²) in [5, 5.41) is 11.7. The Hall–Kier alpha value is -6.25. The molecule has 63 heavy (non-hydrogen) atoms. The van der Waals surface area contributed by atoms with Gasteiger partial charge in [0.15, 0.2) is 0 Å². The Morgan fingerprint density at radius 2 is 1.54 bits per heavy atom. The number of rotatable bonds is 8. The van der Waals surface area contributed by atoms with Crippen LogP contribution < -0.4 is 19.7 Å². The van der Waals surface area contributed by atoms with Crippen molar-refractivity contribution in [3.05, 3.63) is 82.2 Å². The van der Waals surface area contributed by atoms with Crippen LogP contribution in [-0.2, 0) is 16.1 Å². The van der Waals surface area contributed by atoms with E-state index in [1.54, 1.807) is 30.3 Å². The smallest absolute Gasteiger partial charge is 0.262 e. The molecule has 4 fully saturated rings. The Kier molecular flexibility index (Phi) is 10.8. The molecule has 326 valence electrons. The molecular weight excluding hydrogens is 799 g/mol. The van der Waals surface area contributed by atoms with Gasteiger partial charge in [0.25, 0.3) is 17.7 Å². The van der Waals surface area contributed by atoms with Gasteiger partial charge in [0.2, 0.25) is 11.8 Å². The molecule has 0 bridgehead atoms. The molecule has 0 spiro atoms. The van der Waals surface area contributed by atoms with Crippen molar-refractivity contribution in [3.8, 4) is 29.4 Å². The van der Waals surface area contributed by atoms with Crippen LogP contribution in [0, 0.1) is 39.9 Å². The summed E-state index contributed by atoms with van der Waals surface area (Å²) in [6.07, 6.45) is 4.15. The number of carbonyl (C=O) groups is 5. The predicted molar refractivity (Wildman–Crippen MR) is 232 cm³/mol. The second-order valence-corrected chi connectivity index (χ2v) is 18.8. The van der Waals surface area contributed by atoms with E-state index in [1.807, 2.05) is 30.0 Å². The Morgan fingerprint density at radius 1 is 0.825 bits per heavy atom. The minimum atomic E-state index is -0.980. The first-order valence-electron chi connectivity index (χ1n) is 22.2. The molecule has 9 rings (SSSR count). The summed E-state index contributed by atoms with van der Waals surface area (Å²) in [6.45, 7) is 14.7. The molecule has 2 aromatic carbocycles. The number of benzene rings is 2. The topological polar surface area (TPSA) is 165 Å². The monoisotopic (exact) mass is 851 g/mol. The number of aromatic nitrogens is 1. The SMILES string of the molecule is CCOc1cc(OC2C(C)(C)C(N3Cc4nc(C#CC5CCC(N6CCN(c7ccc8c(c7)C(=O)N(C7CCC(=O)NC7=O)C8=O)CC6)CC5)ccc4C3=O)C2(C)C)ccc1C#N. The second kappa shape index (κ2) is 16.1. The van der Waals surface area contributed by atoms with Crippen molar-refractivity contribution < 1.29 is 33.4 Å². The van der Waals surface area contributed by atoms with Crippen molar-refractivity contribution >= 4 is 35.2 Å². The van der Waals surface area contributed by atoms with Crippen LogP contribution in [0.15, 0.2) is 48.5 Å². The van der Waals surface area contributed by atoms with Crippen LogP contribution in [-0.4, -0.2) is 106 Å². The summed E-state index contributed by atoms with van der Waals surface area (Å²) in [5.74, 6) is 6.25. The maximum absolute atomic E-state index is 13.9. The van der Waals surface area contributed by atoms with Crippen molar-refractivity contribution in [1.29, 1.82) is 5.26 Å². The third kappa shape index (κ3) is 7.38. The van der Waals surface area contributed by atoms with Gasteiger partial charge in [-0.3, -0.25) is 39.1 Å². The van der Waals surface area contributed by atoms with E-state index in [2.05, 4.69) is 60.7 Å². The van der Waals surface area contributed by atoms with Crippen LogP contribution in [0.3, 0.4) is 0 Å². The number of anilines is 1. The number of piperazine rings is 1. The Morgan fingerprint density at radius 3 is 2.24 bits per heavy atom. The summed E-state index contributed by atoms with van der Waals surface area (Å²) in [5.41, 5.74) is 3.26. The number of hydrogen-bond donors (Lipinski definition) is 1. The molecule has 14 nitrogen and oxygen atoms in total. The molecule has 5 amide bonds. The van der Waals surface area contributed by atoms with E-state index in [1.165, 1.54) is 0 Å². The number of ether oxygens (including phenoxy) is 2. The summed E-state index contributed by atoms with van der Waals surface area (Å²) in [4.78, 5) is 77.2. The summed E-state index contributed by atoms with van der Waals surface area (Å²) >= 11 is 0. The number of fused-ring (bicyclic) bond motifs is 2. The van der Waals surface area contributed by atoms with Gasteiger partial charge >= 0.3 is 0 Å². The average molecular weight is 852 g/mol. The highest BCUT2D eigenvalue weighted by atomic mass is 16.5. The first-order valence-corrected chi connectivity index (χ1v) is 22.2. The number of pyridine rings is 1. The van der Waals surface area contributed by atoms with Crippen LogP contribution in [0.4, 0.5) is 5.69 Å². The predicted octanol–water partition coefficient (Wildman–Crippen LogP) is 5.32. The van der Waals surface area contributed by atoms with Crippen LogP contribution >= 0.6 is 0 Å². The molecule has 2 aliphatic carbocycles. The summed E-state index contributed by atoms with van der Waals surface area (Å²) in [7, 11) is 0. The Bertz CT molecular complexity index is 2500. The van der Waals surface area contributed by atoms with E-state index in [0.29, 0.717) is 53.1 Å². The third-order valence-corrected chi connectivity index (χ3v) is 14.2. The quantitative estimate of drug-likeness (QED) is 0.230. The second-order valence-electron chi connectivity index (χ2n) is 18.8. The number of nitriles is 1. The largest absolute Gasteiger partial charge is 0.492 e. The molecule has 5 heterocycles. The molecule has 2 saturated carbocycles. The molecule has 0 radical (unpaired) electrons. The zero-order valence-corrected chi connectivity index (χ0v) is 36.5. The van der Waals surface area contributed by atoms with Gasteiger partial charge in [-0.05, 0) is 87.4 Å². The molecular formula is C49H53N7O7. The minimum absolute atomic E-state index is 0.0185. The number of hydrogen-bond acceptors (Lipinski definition) is 11. The molecule has 1 N–H and O–H groups in total. The van der Waals surface area contributed by atoms with Crippen LogP contribution in [0.5, 0.6) is 11.5 Å². The minimum Gasteiger partial charge on any atom is -0.492 e. The zero-order valence-electron chi connectivity index (χ0n) is 36.5. The van der Waals surface area contributed by atoms with E-state index in [4.69, 9.17) is 14.5 Å². The van der Waals surface area contributed by atoms with E-state index in [-0.39, 0.29) is 53.2 Å². The molecule has 1 aromatic heterocycles. The lowest BCUT2D eigenvalue weighted by atomic mass is 9.49. The van der Waals surface area contributed by atoms with E-state index in [9.17, 15) is 29.2 Å². The maximum Gasteiger partial charge on any atom is 0.262 e. The van der Waals surface area contributed by atoms with Gasteiger partial charge in [-0.2, -0.15) is 5.26 Å². The lowest BCUT2D eigenvalue weighted by Crippen LogP contribution is -2.74. The van der Waals surface area contributed by atoms with Crippen molar-refractivity contribution in [2.75, 3.05) is 37.7 Å². The van der Waals surface area contributed by atoms with Crippen LogP contribution in [0.1, 0.15) is 121 Å². The van der Waals surface area contributed by atoms with Gasteiger partial charge in [-0.25, -0.2) is 4.98 Å². The van der Waals surface area contributed by atoms with Gasteiger partial charge in [-0.15, -0.1) is 0 Å². The Labute approximate surface area is 367 Å². The summed E-state index contributed by atoms with van der Waals surface area (Å²) < 4.78 is 12.3. The first kappa shape index (κ1) is 42.1. The normalized spacial score (nSPS) is 26.3. The fourth-order valence-electron chi connectivity index (χ4n) is 11.5. The molecule has 4 aliphatic heterocycles. The Balaban J connectivity index is 0.770. The number of amides is 5. The van der Waals surface area contributed by atoms with Gasteiger partial charge in [0.1, 0.15) is 35.4 Å². The number of nitrogens with one attached hydrogen (secondary N) is 1. The van der Waals surface area contributed by atoms with Crippen molar-refractivity contribution in [2.24, 2.45) is 16.7 Å². The van der Waals surface area contributed by atoms with Crippen molar-refractivity contribution in [2.45, 2.75) is 104 Å². The highest BCUT2D eigenvalue weighted by Crippen LogP contribution is 2.59. The molecule has 3 aromatic rings. The average Bonchev–Trinajstić information content (AvgIpc) is 3.71. The van der Waals surface area contributed by atoms with Crippen molar-refractivity contribution in [3.63, 3.8) is 0 Å². The fourth-order valence-corrected chi connectivity index (χ4v) is 11.5. The van der Waals surface area contributed by atoms with E-state index < -0.39 is 29.7 Å². The molecule has 2 saturated heterocycles. The third-order valence-electron chi connectivity index (χ3n) is 14.2. The number of nitrogens with zero attached hydrogens (tertiary/aromatic N) is 6. The van der Waals surface area contributed by atoms with Gasteiger partial charge in [-0.1, -0.05) is 33.6 Å². The lowest BCUT2D eigenvalue weighted by molar-refractivity contribution is -0.199. The first-order chi connectivity index (χ1) is 30.2. The molecule has 1 atom stereocenters. The van der Waals surface area contributed by atoms with Gasteiger partial charge in [0, 0.05) is 73.2 Å². The maximum atomic E-state index is 13.9. The fraction of sp³-hybridized carbons (Fsp3) is 0.490. The van der Waals surface area contributed by atoms with Crippen LogP contribution in [0.25, 0.3) is 0 Å². The molecule has 1 unspecified atom stereocenters. The van der Waals surface area contributed by atoms with Gasteiger partial charge < -0.3 is 19.3 Å². The highest BCUT2D eigenvalue weighted by Gasteiger charge is 2.67. The van der Waals surface area contributed by atoms with Crippen molar-refractivity contribution in [1.82, 2.24) is 25.0 Å². The number of carbonyl (C=O) groups excluding carboxylic acids is 5. The van der Waals surface area contributed by atoms with Crippen LogP contribution in [0.2, 0.25) is 0 Å².